The molecule has 0 N–H and O–H groups in total. The number of anilines is 1. The van der Waals surface area contributed by atoms with E-state index in [2.05, 4.69) is 20.8 Å². The van der Waals surface area contributed by atoms with Gasteiger partial charge < -0.3 is 4.90 Å². The zero-order valence-corrected chi connectivity index (χ0v) is 11.8. The van der Waals surface area contributed by atoms with Crippen molar-refractivity contribution in [3.63, 3.8) is 0 Å². The molecule has 1 fully saturated rings. The summed E-state index contributed by atoms with van der Waals surface area (Å²) >= 11 is 9.09. The molecule has 1 nitrogen and oxygen atoms in total. The predicted octanol–water partition coefficient (Wildman–Crippen LogP) is 4.68. The molecule has 1 aliphatic rings. The van der Waals surface area contributed by atoms with Crippen LogP contribution in [0.2, 0.25) is 0 Å². The second-order valence-corrected chi connectivity index (χ2v) is 5.47. The fourth-order valence-corrected chi connectivity index (χ4v) is 3.16. The minimum atomic E-state index is -4.31. The van der Waals surface area contributed by atoms with E-state index in [0.29, 0.717) is 10.4 Å². The van der Waals surface area contributed by atoms with Gasteiger partial charge >= 0.3 is 6.18 Å². The van der Waals surface area contributed by atoms with Crippen LogP contribution in [0.5, 0.6) is 0 Å². The smallest absolute Gasteiger partial charge is 0.366 e. The number of nitrogens with zero attached hydrogens (tertiary/aromatic N) is 1. The normalized spacial score (nSPS) is 20.5. The van der Waals surface area contributed by atoms with Crippen molar-refractivity contribution in [1.29, 1.82) is 0 Å². The summed E-state index contributed by atoms with van der Waals surface area (Å²) in [4.78, 5) is 2.07. The van der Waals surface area contributed by atoms with Gasteiger partial charge in [-0.25, -0.2) is 0 Å². The summed E-state index contributed by atoms with van der Waals surface area (Å²) < 4.78 is 38.2. The summed E-state index contributed by atoms with van der Waals surface area (Å²) in [5, 5.41) is 0. The zero-order chi connectivity index (χ0) is 13.3. The number of rotatable bonds is 2. The standard InChI is InChI=1S/C12H12BrClF3N/c13-10-6-8(12(15,16)17)3-4-11(10)18-5-1-2-9(18)7-14/h3-4,6,9H,1-2,5,7H2. The van der Waals surface area contributed by atoms with Crippen molar-refractivity contribution in [1.82, 2.24) is 0 Å². The number of benzene rings is 1. The van der Waals surface area contributed by atoms with Crippen molar-refractivity contribution >= 4 is 33.2 Å². The molecular weight excluding hydrogens is 330 g/mol. The second-order valence-electron chi connectivity index (χ2n) is 4.31. The van der Waals surface area contributed by atoms with Crippen molar-refractivity contribution in [2.75, 3.05) is 17.3 Å². The molecule has 0 amide bonds. The molecule has 100 valence electrons. The van der Waals surface area contributed by atoms with Gasteiger partial charge in [0.05, 0.1) is 11.3 Å². The fourth-order valence-electron chi connectivity index (χ4n) is 2.23. The highest BCUT2D eigenvalue weighted by atomic mass is 79.9. The first kappa shape index (κ1) is 14.0. The van der Waals surface area contributed by atoms with Crippen LogP contribution in [0.3, 0.4) is 0 Å². The lowest BCUT2D eigenvalue weighted by Crippen LogP contribution is -2.30. The van der Waals surface area contributed by atoms with Crippen LogP contribution in [0, 0.1) is 0 Å². The van der Waals surface area contributed by atoms with Crippen LogP contribution >= 0.6 is 27.5 Å². The molecule has 1 aromatic rings. The van der Waals surface area contributed by atoms with Gasteiger partial charge in [-0.15, -0.1) is 11.6 Å². The van der Waals surface area contributed by atoms with Crippen LogP contribution in [0.25, 0.3) is 0 Å². The summed E-state index contributed by atoms with van der Waals surface area (Å²) in [6, 6.07) is 3.96. The SMILES string of the molecule is FC(F)(F)c1ccc(N2CCCC2CCl)c(Br)c1. The van der Waals surface area contributed by atoms with Gasteiger partial charge in [-0.3, -0.25) is 0 Å². The molecule has 1 aliphatic heterocycles. The molecule has 0 radical (unpaired) electrons. The van der Waals surface area contributed by atoms with Crippen molar-refractivity contribution in [3.05, 3.63) is 28.2 Å². The summed E-state index contributed by atoms with van der Waals surface area (Å²) in [6.45, 7) is 0.835. The van der Waals surface area contributed by atoms with Crippen LogP contribution < -0.4 is 4.90 Å². The van der Waals surface area contributed by atoms with Crippen LogP contribution in [0.1, 0.15) is 18.4 Å². The first-order chi connectivity index (χ1) is 8.43. The van der Waals surface area contributed by atoms with E-state index in [4.69, 9.17) is 11.6 Å². The van der Waals surface area contributed by atoms with Gasteiger partial charge in [0.15, 0.2) is 0 Å². The van der Waals surface area contributed by atoms with Crippen molar-refractivity contribution < 1.29 is 13.2 Å². The maximum absolute atomic E-state index is 12.6. The van der Waals surface area contributed by atoms with Gasteiger partial charge in [-0.2, -0.15) is 13.2 Å². The van der Waals surface area contributed by atoms with Crippen LogP contribution in [-0.4, -0.2) is 18.5 Å². The van der Waals surface area contributed by atoms with E-state index in [-0.39, 0.29) is 6.04 Å². The summed E-state index contributed by atoms with van der Waals surface area (Å²) in [5.41, 5.74) is 0.144. The maximum Gasteiger partial charge on any atom is 0.416 e. The number of halogens is 5. The molecule has 0 aromatic heterocycles. The fraction of sp³-hybridized carbons (Fsp3) is 0.500. The van der Waals surface area contributed by atoms with Crippen LogP contribution in [0.4, 0.5) is 18.9 Å². The van der Waals surface area contributed by atoms with Gasteiger partial charge in [0.25, 0.3) is 0 Å². The highest BCUT2D eigenvalue weighted by Gasteiger charge is 2.32. The highest BCUT2D eigenvalue weighted by Crippen LogP contribution is 2.37. The Morgan fingerprint density at radius 1 is 1.39 bits per heavy atom. The molecular formula is C12H12BrClF3N. The third-order valence-corrected chi connectivity index (χ3v) is 4.13. The molecule has 1 unspecified atom stereocenters. The molecule has 2 rings (SSSR count). The largest absolute Gasteiger partial charge is 0.416 e. The van der Waals surface area contributed by atoms with Gasteiger partial charge in [0.2, 0.25) is 0 Å². The molecule has 1 aromatic carbocycles. The van der Waals surface area contributed by atoms with Crippen LogP contribution in [0.15, 0.2) is 22.7 Å². The molecule has 0 saturated carbocycles. The van der Waals surface area contributed by atoms with E-state index in [1.165, 1.54) is 6.07 Å². The Kier molecular flexibility index (Phi) is 4.11. The molecule has 18 heavy (non-hydrogen) atoms. The first-order valence-corrected chi connectivity index (χ1v) is 6.95. The predicted molar refractivity (Wildman–Crippen MR) is 70.2 cm³/mol. The highest BCUT2D eigenvalue weighted by molar-refractivity contribution is 9.10. The quantitative estimate of drug-likeness (QED) is 0.706. The van der Waals surface area contributed by atoms with Crippen molar-refractivity contribution in [2.24, 2.45) is 0 Å². The van der Waals surface area contributed by atoms with Crippen molar-refractivity contribution in [2.45, 2.75) is 25.1 Å². The van der Waals surface area contributed by atoms with Gasteiger partial charge in [-0.1, -0.05) is 0 Å². The third kappa shape index (κ3) is 2.77. The van der Waals surface area contributed by atoms with E-state index in [1.54, 1.807) is 0 Å². The minimum absolute atomic E-state index is 0.208. The number of hydrogen-bond donors (Lipinski definition) is 0. The summed E-state index contributed by atoms with van der Waals surface area (Å²) in [6.07, 6.45) is -2.31. The van der Waals surface area contributed by atoms with E-state index in [0.717, 1.165) is 37.2 Å². The van der Waals surface area contributed by atoms with Gasteiger partial charge in [0, 0.05) is 22.9 Å². The number of alkyl halides is 4. The van der Waals surface area contributed by atoms with Gasteiger partial charge in [-0.05, 0) is 47.0 Å². The Labute approximate surface area is 117 Å². The maximum atomic E-state index is 12.6. The van der Waals surface area contributed by atoms with E-state index in [9.17, 15) is 13.2 Å². The second kappa shape index (κ2) is 5.29. The monoisotopic (exact) mass is 341 g/mol. The summed E-state index contributed by atoms with van der Waals surface area (Å²) in [7, 11) is 0. The lowest BCUT2D eigenvalue weighted by atomic mass is 10.1. The van der Waals surface area contributed by atoms with Gasteiger partial charge in [0.1, 0.15) is 0 Å². The Morgan fingerprint density at radius 2 is 2.11 bits per heavy atom. The first-order valence-electron chi connectivity index (χ1n) is 5.63. The molecule has 0 spiro atoms. The Hall–Kier alpha value is -0.420. The van der Waals surface area contributed by atoms with Crippen LogP contribution in [-0.2, 0) is 6.18 Å². The van der Waals surface area contributed by atoms with E-state index in [1.807, 2.05) is 0 Å². The average molecular weight is 343 g/mol. The summed E-state index contributed by atoms with van der Waals surface area (Å²) in [5.74, 6) is 0.494. The Balaban J connectivity index is 2.30. The molecule has 1 atom stereocenters. The third-order valence-electron chi connectivity index (χ3n) is 3.14. The Bertz CT molecular complexity index is 436. The number of hydrogen-bond acceptors (Lipinski definition) is 1. The Morgan fingerprint density at radius 3 is 2.67 bits per heavy atom. The minimum Gasteiger partial charge on any atom is -0.366 e. The lowest BCUT2D eigenvalue weighted by molar-refractivity contribution is -0.137. The average Bonchev–Trinajstić information content (AvgIpc) is 2.75. The molecule has 6 heteroatoms. The van der Waals surface area contributed by atoms with E-state index >= 15 is 0 Å². The van der Waals surface area contributed by atoms with E-state index < -0.39 is 11.7 Å². The molecule has 1 saturated heterocycles. The lowest BCUT2D eigenvalue weighted by Gasteiger charge is -2.26. The molecule has 0 bridgehead atoms. The molecule has 0 aliphatic carbocycles. The molecule has 1 heterocycles. The topological polar surface area (TPSA) is 3.24 Å². The zero-order valence-electron chi connectivity index (χ0n) is 9.47. The van der Waals surface area contributed by atoms with Crippen molar-refractivity contribution in [3.8, 4) is 0 Å².